The maximum absolute atomic E-state index is 12.7. The van der Waals surface area contributed by atoms with Crippen LogP contribution in [0, 0.1) is 5.41 Å². The fraction of sp³-hybridized carbons (Fsp3) is 0.353. The molecule has 1 aromatic rings. The van der Waals surface area contributed by atoms with Crippen LogP contribution in [0.25, 0.3) is 5.57 Å². The Labute approximate surface area is 108 Å². The third kappa shape index (κ3) is 1.50. The molecule has 3 rings (SSSR count). The SMILES string of the molecule is C=CCC1(C)CCC2=C(Cc3ccccc32)C1=O. The molecule has 0 aromatic heterocycles. The zero-order valence-electron chi connectivity index (χ0n) is 10.8. The van der Waals surface area contributed by atoms with Crippen molar-refractivity contribution in [3.63, 3.8) is 0 Å². The Morgan fingerprint density at radius 2 is 2.11 bits per heavy atom. The Bertz CT molecular complexity index is 565. The molecule has 0 aliphatic heterocycles. The number of benzene rings is 1. The van der Waals surface area contributed by atoms with Crippen LogP contribution in [0.4, 0.5) is 0 Å². The van der Waals surface area contributed by atoms with Crippen LogP contribution in [-0.4, -0.2) is 5.78 Å². The lowest BCUT2D eigenvalue weighted by Gasteiger charge is -2.32. The molecular weight excluding hydrogens is 220 g/mol. The second kappa shape index (κ2) is 3.94. The standard InChI is InChI=1S/C17H18O/c1-3-9-17(2)10-8-14-13-7-5-4-6-12(13)11-15(14)16(17)18/h3-7H,1,8-11H2,2H3. The molecule has 0 heterocycles. The summed E-state index contributed by atoms with van der Waals surface area (Å²) in [7, 11) is 0. The third-order valence-corrected chi connectivity index (χ3v) is 4.42. The Balaban J connectivity index is 2.03. The molecule has 2 aliphatic carbocycles. The van der Waals surface area contributed by atoms with E-state index in [1.807, 2.05) is 6.08 Å². The summed E-state index contributed by atoms with van der Waals surface area (Å²) >= 11 is 0. The Hall–Kier alpha value is -1.63. The highest BCUT2D eigenvalue weighted by molar-refractivity contribution is 6.09. The van der Waals surface area contributed by atoms with Crippen LogP contribution < -0.4 is 0 Å². The molecule has 0 N–H and O–H groups in total. The van der Waals surface area contributed by atoms with E-state index in [1.165, 1.54) is 16.7 Å². The average molecular weight is 238 g/mol. The lowest BCUT2D eigenvalue weighted by Crippen LogP contribution is -2.32. The predicted octanol–water partition coefficient (Wildman–Crippen LogP) is 3.94. The van der Waals surface area contributed by atoms with Crippen LogP contribution in [0.15, 0.2) is 42.5 Å². The second-order valence-electron chi connectivity index (χ2n) is 5.67. The van der Waals surface area contributed by atoms with Gasteiger partial charge in [0.2, 0.25) is 0 Å². The molecule has 1 nitrogen and oxygen atoms in total. The van der Waals surface area contributed by atoms with Gasteiger partial charge in [-0.15, -0.1) is 6.58 Å². The van der Waals surface area contributed by atoms with Crippen LogP contribution in [0.5, 0.6) is 0 Å². The highest BCUT2D eigenvalue weighted by Crippen LogP contribution is 2.47. The molecule has 0 radical (unpaired) electrons. The van der Waals surface area contributed by atoms with Gasteiger partial charge in [-0.05, 0) is 36.0 Å². The first kappa shape index (κ1) is 11.5. The average Bonchev–Trinajstić information content (AvgIpc) is 2.74. The van der Waals surface area contributed by atoms with Gasteiger partial charge in [0.25, 0.3) is 0 Å². The van der Waals surface area contributed by atoms with E-state index in [2.05, 4.69) is 37.8 Å². The van der Waals surface area contributed by atoms with Crippen LogP contribution in [0.1, 0.15) is 37.3 Å². The van der Waals surface area contributed by atoms with E-state index in [9.17, 15) is 4.79 Å². The van der Waals surface area contributed by atoms with Crippen LogP contribution >= 0.6 is 0 Å². The summed E-state index contributed by atoms with van der Waals surface area (Å²) in [6.07, 6.45) is 5.48. The summed E-state index contributed by atoms with van der Waals surface area (Å²) in [5.41, 5.74) is 4.77. The van der Waals surface area contributed by atoms with E-state index in [0.29, 0.717) is 5.78 Å². The van der Waals surface area contributed by atoms with E-state index in [4.69, 9.17) is 0 Å². The number of hydrogen-bond donors (Lipinski definition) is 0. The summed E-state index contributed by atoms with van der Waals surface area (Å²) in [5, 5.41) is 0. The molecule has 92 valence electrons. The van der Waals surface area contributed by atoms with Crippen molar-refractivity contribution < 1.29 is 4.79 Å². The van der Waals surface area contributed by atoms with Crippen molar-refractivity contribution in [2.75, 3.05) is 0 Å². The highest BCUT2D eigenvalue weighted by Gasteiger charge is 2.41. The first-order chi connectivity index (χ1) is 8.65. The molecule has 1 aromatic carbocycles. The van der Waals surface area contributed by atoms with E-state index in [0.717, 1.165) is 31.3 Å². The quantitative estimate of drug-likeness (QED) is 0.713. The normalized spacial score (nSPS) is 25.9. The van der Waals surface area contributed by atoms with Gasteiger partial charge < -0.3 is 0 Å². The van der Waals surface area contributed by atoms with Crippen molar-refractivity contribution in [3.05, 3.63) is 53.6 Å². The minimum absolute atomic E-state index is 0.220. The minimum atomic E-state index is -0.220. The summed E-state index contributed by atoms with van der Waals surface area (Å²) in [6.45, 7) is 5.88. The number of hydrogen-bond acceptors (Lipinski definition) is 1. The number of fused-ring (bicyclic) bond motifs is 2. The number of allylic oxidation sites excluding steroid dienone is 3. The largest absolute Gasteiger partial charge is 0.294 e. The smallest absolute Gasteiger partial charge is 0.165 e. The topological polar surface area (TPSA) is 17.1 Å². The summed E-state index contributed by atoms with van der Waals surface area (Å²) in [5.74, 6) is 0.347. The van der Waals surface area contributed by atoms with Crippen molar-refractivity contribution in [2.24, 2.45) is 5.41 Å². The molecule has 0 saturated heterocycles. The van der Waals surface area contributed by atoms with E-state index in [-0.39, 0.29) is 5.41 Å². The lowest BCUT2D eigenvalue weighted by atomic mass is 9.70. The van der Waals surface area contributed by atoms with E-state index >= 15 is 0 Å². The van der Waals surface area contributed by atoms with Gasteiger partial charge in [-0.3, -0.25) is 4.79 Å². The molecule has 18 heavy (non-hydrogen) atoms. The molecule has 1 heteroatoms. The number of ketones is 1. The highest BCUT2D eigenvalue weighted by atomic mass is 16.1. The van der Waals surface area contributed by atoms with Crippen LogP contribution in [-0.2, 0) is 11.2 Å². The summed E-state index contributed by atoms with van der Waals surface area (Å²) in [4.78, 5) is 12.7. The molecular formula is C17H18O. The molecule has 0 bridgehead atoms. The van der Waals surface area contributed by atoms with Gasteiger partial charge in [0.1, 0.15) is 0 Å². The van der Waals surface area contributed by atoms with Crippen LogP contribution in [0.3, 0.4) is 0 Å². The summed E-state index contributed by atoms with van der Waals surface area (Å²) < 4.78 is 0. The van der Waals surface area contributed by atoms with Gasteiger partial charge in [-0.1, -0.05) is 37.3 Å². The second-order valence-corrected chi connectivity index (χ2v) is 5.67. The Kier molecular flexibility index (Phi) is 2.51. The summed E-state index contributed by atoms with van der Waals surface area (Å²) in [6, 6.07) is 8.42. The first-order valence-electron chi connectivity index (χ1n) is 6.62. The third-order valence-electron chi connectivity index (χ3n) is 4.42. The molecule has 0 saturated carbocycles. The molecule has 0 fully saturated rings. The fourth-order valence-electron chi connectivity index (χ4n) is 3.32. The molecule has 2 aliphatic rings. The zero-order chi connectivity index (χ0) is 12.8. The zero-order valence-corrected chi connectivity index (χ0v) is 10.8. The van der Waals surface area contributed by atoms with Crippen molar-refractivity contribution >= 4 is 11.4 Å². The fourth-order valence-corrected chi connectivity index (χ4v) is 3.32. The van der Waals surface area contributed by atoms with Gasteiger partial charge >= 0.3 is 0 Å². The van der Waals surface area contributed by atoms with E-state index < -0.39 is 0 Å². The van der Waals surface area contributed by atoms with Gasteiger partial charge in [0, 0.05) is 17.4 Å². The van der Waals surface area contributed by atoms with Gasteiger partial charge in [0.05, 0.1) is 0 Å². The van der Waals surface area contributed by atoms with Crippen molar-refractivity contribution in [1.29, 1.82) is 0 Å². The van der Waals surface area contributed by atoms with Crippen molar-refractivity contribution in [2.45, 2.75) is 32.6 Å². The maximum atomic E-state index is 12.7. The number of Topliss-reactive ketones (excluding diaryl/α,β-unsaturated/α-hetero) is 1. The number of carbonyl (C=O) groups is 1. The lowest BCUT2D eigenvalue weighted by molar-refractivity contribution is -0.124. The van der Waals surface area contributed by atoms with Crippen molar-refractivity contribution in [3.8, 4) is 0 Å². The Morgan fingerprint density at radius 3 is 2.89 bits per heavy atom. The Morgan fingerprint density at radius 1 is 1.33 bits per heavy atom. The van der Waals surface area contributed by atoms with Gasteiger partial charge in [0.15, 0.2) is 5.78 Å². The molecule has 0 amide bonds. The first-order valence-corrected chi connectivity index (χ1v) is 6.62. The van der Waals surface area contributed by atoms with Crippen molar-refractivity contribution in [1.82, 2.24) is 0 Å². The van der Waals surface area contributed by atoms with Gasteiger partial charge in [-0.2, -0.15) is 0 Å². The minimum Gasteiger partial charge on any atom is -0.294 e. The number of carbonyl (C=O) groups excluding carboxylic acids is 1. The van der Waals surface area contributed by atoms with Gasteiger partial charge in [-0.25, -0.2) is 0 Å². The monoisotopic (exact) mass is 238 g/mol. The predicted molar refractivity (Wildman–Crippen MR) is 74.2 cm³/mol. The maximum Gasteiger partial charge on any atom is 0.165 e. The van der Waals surface area contributed by atoms with Crippen LogP contribution in [0.2, 0.25) is 0 Å². The molecule has 1 unspecified atom stereocenters. The molecule has 1 atom stereocenters. The number of rotatable bonds is 2. The molecule has 0 spiro atoms. The van der Waals surface area contributed by atoms with E-state index in [1.54, 1.807) is 0 Å².